The molecule has 0 unspecified atom stereocenters. The van der Waals surface area contributed by atoms with Gasteiger partial charge in [0.15, 0.2) is 0 Å². The predicted octanol–water partition coefficient (Wildman–Crippen LogP) is 6.65. The van der Waals surface area contributed by atoms with E-state index in [1.54, 1.807) is 7.11 Å². The molecule has 4 nitrogen and oxygen atoms in total. The number of carbonyl (C=O) groups is 1. The zero-order valence-electron chi connectivity index (χ0n) is 21.0. The molecule has 0 saturated carbocycles. The first kappa shape index (κ1) is 24.6. The van der Waals surface area contributed by atoms with Gasteiger partial charge in [-0.2, -0.15) is 0 Å². The van der Waals surface area contributed by atoms with Crippen LogP contribution in [0.4, 0.5) is 0 Å². The van der Waals surface area contributed by atoms with Gasteiger partial charge >= 0.3 is 0 Å². The summed E-state index contributed by atoms with van der Waals surface area (Å²) in [4.78, 5) is 12.7. The molecule has 3 rings (SSSR count). The van der Waals surface area contributed by atoms with Crippen molar-refractivity contribution in [3.05, 3.63) is 76.6 Å². The quantitative estimate of drug-likeness (QED) is 0.374. The summed E-state index contributed by atoms with van der Waals surface area (Å²) in [5.41, 5.74) is 13.1. The Morgan fingerprint density at radius 3 is 2.27 bits per heavy atom. The van der Waals surface area contributed by atoms with Crippen molar-refractivity contribution in [2.75, 3.05) is 7.11 Å². The molecule has 2 N–H and O–H groups in total. The summed E-state index contributed by atoms with van der Waals surface area (Å²) < 4.78 is 7.87. The van der Waals surface area contributed by atoms with Crippen LogP contribution < -0.4 is 10.5 Å². The number of ether oxygens (including phenoxy) is 1. The monoisotopic (exact) mass is 446 g/mol. The highest BCUT2D eigenvalue weighted by atomic mass is 16.5. The Morgan fingerprint density at radius 1 is 1.03 bits per heavy atom. The van der Waals surface area contributed by atoms with E-state index in [9.17, 15) is 4.79 Å². The van der Waals surface area contributed by atoms with Gasteiger partial charge in [-0.3, -0.25) is 4.79 Å². The minimum atomic E-state index is -0.377. The summed E-state index contributed by atoms with van der Waals surface area (Å²) in [5, 5.41) is 0. The number of aromatic nitrogens is 1. The van der Waals surface area contributed by atoms with Crippen molar-refractivity contribution >= 4 is 5.91 Å². The summed E-state index contributed by atoms with van der Waals surface area (Å²) in [6, 6.07) is 16.7. The molecule has 4 heteroatoms. The lowest BCUT2D eigenvalue weighted by atomic mass is 9.86. The largest absolute Gasteiger partial charge is 0.496 e. The molecule has 33 heavy (non-hydrogen) atoms. The van der Waals surface area contributed by atoms with E-state index < -0.39 is 0 Å². The van der Waals surface area contributed by atoms with Gasteiger partial charge < -0.3 is 15.0 Å². The van der Waals surface area contributed by atoms with Gasteiger partial charge in [0.1, 0.15) is 5.75 Å². The van der Waals surface area contributed by atoms with Crippen molar-refractivity contribution < 1.29 is 9.53 Å². The molecule has 0 spiro atoms. The second-order valence-electron chi connectivity index (χ2n) is 9.83. The Kier molecular flexibility index (Phi) is 7.68. The van der Waals surface area contributed by atoms with Crippen molar-refractivity contribution in [1.82, 2.24) is 4.57 Å². The Bertz CT molecular complexity index is 1100. The Balaban J connectivity index is 2.20. The van der Waals surface area contributed by atoms with E-state index >= 15 is 0 Å². The Hall–Kier alpha value is -3.01. The van der Waals surface area contributed by atoms with Gasteiger partial charge in [0.2, 0.25) is 0 Å². The van der Waals surface area contributed by atoms with Gasteiger partial charge in [-0.05, 0) is 42.4 Å². The minimum Gasteiger partial charge on any atom is -0.496 e. The molecule has 0 aliphatic carbocycles. The van der Waals surface area contributed by atoms with Crippen LogP contribution in [0.15, 0.2) is 48.5 Å². The second-order valence-corrected chi connectivity index (χ2v) is 9.83. The lowest BCUT2D eigenvalue weighted by molar-refractivity contribution is 0.1000. The third-order valence-corrected chi connectivity index (χ3v) is 6.46. The minimum absolute atomic E-state index is 0.0702. The lowest BCUT2D eigenvalue weighted by Crippen LogP contribution is -2.14. The van der Waals surface area contributed by atoms with Crippen LogP contribution in [0.1, 0.15) is 79.8 Å². The van der Waals surface area contributed by atoms with E-state index in [1.807, 2.05) is 25.1 Å². The molecular weight excluding hydrogens is 408 g/mol. The summed E-state index contributed by atoms with van der Waals surface area (Å²) in [6.45, 7) is 11.5. The number of amides is 1. The van der Waals surface area contributed by atoms with Gasteiger partial charge in [0.05, 0.1) is 19.2 Å². The van der Waals surface area contributed by atoms with Crippen LogP contribution in [0, 0.1) is 6.92 Å². The van der Waals surface area contributed by atoms with Crippen LogP contribution in [0.3, 0.4) is 0 Å². The molecule has 0 bridgehead atoms. The fraction of sp³-hybridized carbons (Fsp3) is 0.414. The number of hydrogen-bond acceptors (Lipinski definition) is 2. The number of nitrogens with two attached hydrogens (primary N) is 1. The topological polar surface area (TPSA) is 57.2 Å². The average Bonchev–Trinajstić information content (AvgIpc) is 3.05. The maximum absolute atomic E-state index is 12.7. The first-order valence-corrected chi connectivity index (χ1v) is 11.9. The number of para-hydroxylation sites is 1. The van der Waals surface area contributed by atoms with Crippen LogP contribution in [0.2, 0.25) is 0 Å². The second kappa shape index (κ2) is 10.3. The fourth-order valence-corrected chi connectivity index (χ4v) is 4.57. The van der Waals surface area contributed by atoms with E-state index in [0.29, 0.717) is 12.1 Å². The third kappa shape index (κ3) is 5.32. The van der Waals surface area contributed by atoms with E-state index in [-0.39, 0.29) is 11.3 Å². The number of unbranched alkanes of at least 4 members (excludes halogenated alkanes) is 2. The number of benzene rings is 2. The van der Waals surface area contributed by atoms with Crippen molar-refractivity contribution in [1.29, 1.82) is 0 Å². The molecule has 0 atom stereocenters. The molecule has 1 aromatic heterocycles. The Labute approximate surface area is 198 Å². The first-order chi connectivity index (χ1) is 15.7. The number of primary amides is 1. The number of rotatable bonds is 9. The molecule has 176 valence electrons. The number of methoxy groups -OCH3 is 1. The highest BCUT2D eigenvalue weighted by Crippen LogP contribution is 2.36. The van der Waals surface area contributed by atoms with Crippen molar-refractivity contribution in [2.45, 2.75) is 72.3 Å². The lowest BCUT2D eigenvalue weighted by Gasteiger charge is -2.19. The number of carbonyl (C=O) groups excluding carboxylic acids is 1. The van der Waals surface area contributed by atoms with E-state index in [2.05, 4.69) is 62.6 Å². The summed E-state index contributed by atoms with van der Waals surface area (Å²) in [5.74, 6) is 0.472. The van der Waals surface area contributed by atoms with Crippen LogP contribution >= 0.6 is 0 Å². The van der Waals surface area contributed by atoms with Crippen LogP contribution in [-0.2, 0) is 18.4 Å². The average molecular weight is 447 g/mol. The number of hydrogen-bond donors (Lipinski definition) is 1. The zero-order valence-corrected chi connectivity index (χ0v) is 21.0. The predicted molar refractivity (Wildman–Crippen MR) is 137 cm³/mol. The SMILES string of the molecule is CCCCCc1c(-c2ccc(C(C)(C)C)cc2)c(C(N)=O)c(C)n1Cc1ccccc1OC. The first-order valence-electron chi connectivity index (χ1n) is 11.9. The fourth-order valence-electron chi connectivity index (χ4n) is 4.57. The molecule has 0 fully saturated rings. The molecule has 3 aromatic rings. The third-order valence-electron chi connectivity index (χ3n) is 6.46. The van der Waals surface area contributed by atoms with E-state index in [0.717, 1.165) is 53.8 Å². The molecule has 0 radical (unpaired) electrons. The number of nitrogens with zero attached hydrogens (tertiary/aromatic N) is 1. The Morgan fingerprint density at radius 2 is 1.70 bits per heavy atom. The van der Waals surface area contributed by atoms with Crippen LogP contribution in [0.25, 0.3) is 11.1 Å². The molecular formula is C29H38N2O2. The van der Waals surface area contributed by atoms with Crippen LogP contribution in [0.5, 0.6) is 5.75 Å². The maximum Gasteiger partial charge on any atom is 0.251 e. The zero-order chi connectivity index (χ0) is 24.2. The van der Waals surface area contributed by atoms with Gasteiger partial charge in [0, 0.05) is 22.5 Å². The molecule has 1 amide bonds. The molecule has 0 aliphatic heterocycles. The summed E-state index contributed by atoms with van der Waals surface area (Å²) in [7, 11) is 1.69. The van der Waals surface area contributed by atoms with Gasteiger partial charge in [-0.25, -0.2) is 0 Å². The van der Waals surface area contributed by atoms with E-state index in [1.165, 1.54) is 11.3 Å². The summed E-state index contributed by atoms with van der Waals surface area (Å²) in [6.07, 6.45) is 4.25. The maximum atomic E-state index is 12.7. The summed E-state index contributed by atoms with van der Waals surface area (Å²) >= 11 is 0. The normalized spacial score (nSPS) is 11.6. The molecule has 0 aliphatic rings. The molecule has 0 saturated heterocycles. The van der Waals surface area contributed by atoms with Crippen molar-refractivity contribution in [3.8, 4) is 16.9 Å². The van der Waals surface area contributed by atoms with Gasteiger partial charge in [-0.15, -0.1) is 0 Å². The van der Waals surface area contributed by atoms with Gasteiger partial charge in [-0.1, -0.05) is 83.0 Å². The van der Waals surface area contributed by atoms with Crippen molar-refractivity contribution in [3.63, 3.8) is 0 Å². The highest BCUT2D eigenvalue weighted by molar-refractivity contribution is 6.02. The molecule has 2 aromatic carbocycles. The highest BCUT2D eigenvalue weighted by Gasteiger charge is 2.25. The standard InChI is InChI=1S/C29H38N2O2/c1-7-8-9-13-24-27(21-15-17-23(18-16-21)29(3,4)5)26(28(30)32)20(2)31(24)19-22-12-10-11-14-25(22)33-6/h10-12,14-18H,7-9,13,19H2,1-6H3,(H2,30,32). The molecule has 1 heterocycles. The van der Waals surface area contributed by atoms with Crippen molar-refractivity contribution in [2.24, 2.45) is 5.73 Å². The van der Waals surface area contributed by atoms with Gasteiger partial charge in [0.25, 0.3) is 5.91 Å². The van der Waals surface area contributed by atoms with Crippen LogP contribution in [-0.4, -0.2) is 17.6 Å². The van der Waals surface area contributed by atoms with E-state index in [4.69, 9.17) is 10.5 Å². The smallest absolute Gasteiger partial charge is 0.251 e.